The molecule has 0 radical (unpaired) electrons. The van der Waals surface area contributed by atoms with E-state index >= 15 is 0 Å². The van der Waals surface area contributed by atoms with Crippen LogP contribution in [0.3, 0.4) is 0 Å². The summed E-state index contributed by atoms with van der Waals surface area (Å²) < 4.78 is 21.9. The smallest absolute Gasteiger partial charge is 0.148 e. The van der Waals surface area contributed by atoms with Gasteiger partial charge in [0.1, 0.15) is 9.84 Å². The Labute approximate surface area is 80.0 Å². The Morgan fingerprint density at radius 1 is 1.62 bits per heavy atom. The molecular weight excluding hydrogens is 188 g/mol. The maximum absolute atomic E-state index is 11.0. The number of nitrogens with one attached hydrogen (secondary N) is 2. The second kappa shape index (κ2) is 4.39. The topological polar surface area (TPSA) is 58.2 Å². The Balaban J connectivity index is 2.28. The van der Waals surface area contributed by atoms with Crippen molar-refractivity contribution in [1.82, 2.24) is 10.6 Å². The molecule has 0 spiro atoms. The summed E-state index contributed by atoms with van der Waals surface area (Å²) in [5.74, 6) is 0.226. The summed E-state index contributed by atoms with van der Waals surface area (Å²) in [7, 11) is -2.85. The largest absolute Gasteiger partial charge is 0.315 e. The van der Waals surface area contributed by atoms with Gasteiger partial charge in [0.2, 0.25) is 0 Å². The standard InChI is InChI=1S/C8H18N2O2S/c1-7(6-13(2,11)12)10-8-3-4-9-5-8/h7-10H,3-6H2,1-2H3. The van der Waals surface area contributed by atoms with Gasteiger partial charge in [-0.2, -0.15) is 0 Å². The SMILES string of the molecule is CC(CS(C)(=O)=O)NC1CCNC1. The van der Waals surface area contributed by atoms with Crippen LogP contribution in [-0.2, 0) is 9.84 Å². The van der Waals surface area contributed by atoms with Gasteiger partial charge in [-0.15, -0.1) is 0 Å². The van der Waals surface area contributed by atoms with Crippen molar-refractivity contribution in [2.45, 2.75) is 25.4 Å². The molecular formula is C8H18N2O2S. The maximum atomic E-state index is 11.0. The first-order chi connectivity index (χ1) is 5.97. The van der Waals surface area contributed by atoms with E-state index in [0.717, 1.165) is 19.5 Å². The Bertz CT molecular complexity index is 245. The molecule has 2 unspecified atom stereocenters. The first-order valence-corrected chi connectivity index (χ1v) is 6.68. The Morgan fingerprint density at radius 3 is 2.77 bits per heavy atom. The highest BCUT2D eigenvalue weighted by atomic mass is 32.2. The van der Waals surface area contributed by atoms with Gasteiger partial charge < -0.3 is 10.6 Å². The third-order valence-corrected chi connectivity index (χ3v) is 3.24. The second-order valence-corrected chi connectivity index (χ2v) is 6.03. The van der Waals surface area contributed by atoms with Crippen molar-refractivity contribution in [3.63, 3.8) is 0 Å². The first-order valence-electron chi connectivity index (χ1n) is 4.62. The van der Waals surface area contributed by atoms with Crippen molar-refractivity contribution in [2.75, 3.05) is 25.1 Å². The molecule has 0 aliphatic carbocycles. The monoisotopic (exact) mass is 206 g/mol. The molecule has 0 aromatic rings. The summed E-state index contributed by atoms with van der Waals surface area (Å²) in [6.45, 7) is 3.90. The van der Waals surface area contributed by atoms with Crippen molar-refractivity contribution >= 4 is 9.84 Å². The highest BCUT2D eigenvalue weighted by Gasteiger charge is 2.18. The molecule has 0 aromatic carbocycles. The van der Waals surface area contributed by atoms with Gasteiger partial charge in [-0.05, 0) is 19.9 Å². The van der Waals surface area contributed by atoms with E-state index in [1.165, 1.54) is 6.26 Å². The van der Waals surface area contributed by atoms with Crippen molar-refractivity contribution < 1.29 is 8.42 Å². The highest BCUT2D eigenvalue weighted by molar-refractivity contribution is 7.90. The van der Waals surface area contributed by atoms with E-state index in [2.05, 4.69) is 10.6 Å². The van der Waals surface area contributed by atoms with E-state index in [1.807, 2.05) is 6.92 Å². The van der Waals surface area contributed by atoms with E-state index in [9.17, 15) is 8.42 Å². The van der Waals surface area contributed by atoms with Crippen LogP contribution in [0.4, 0.5) is 0 Å². The average Bonchev–Trinajstić information content (AvgIpc) is 2.34. The van der Waals surface area contributed by atoms with Crippen LogP contribution in [0.15, 0.2) is 0 Å². The summed E-state index contributed by atoms with van der Waals surface area (Å²) >= 11 is 0. The van der Waals surface area contributed by atoms with Crippen molar-refractivity contribution in [1.29, 1.82) is 0 Å². The number of hydrogen-bond donors (Lipinski definition) is 2. The third kappa shape index (κ3) is 4.59. The fourth-order valence-corrected chi connectivity index (χ4v) is 2.71. The average molecular weight is 206 g/mol. The minimum atomic E-state index is -2.85. The quantitative estimate of drug-likeness (QED) is 0.643. The van der Waals surface area contributed by atoms with Crippen molar-refractivity contribution in [3.05, 3.63) is 0 Å². The van der Waals surface area contributed by atoms with Gasteiger partial charge in [0, 0.05) is 24.9 Å². The van der Waals surface area contributed by atoms with Crippen LogP contribution < -0.4 is 10.6 Å². The van der Waals surface area contributed by atoms with Crippen LogP contribution in [-0.4, -0.2) is 45.6 Å². The van der Waals surface area contributed by atoms with E-state index in [1.54, 1.807) is 0 Å². The van der Waals surface area contributed by atoms with Crippen LogP contribution in [0, 0.1) is 0 Å². The molecule has 1 heterocycles. The summed E-state index contributed by atoms with van der Waals surface area (Å²) in [4.78, 5) is 0. The lowest BCUT2D eigenvalue weighted by atomic mass is 10.2. The zero-order valence-corrected chi connectivity index (χ0v) is 9.02. The van der Waals surface area contributed by atoms with Crippen LogP contribution in [0.25, 0.3) is 0 Å². The molecule has 2 atom stereocenters. The minimum Gasteiger partial charge on any atom is -0.315 e. The molecule has 1 saturated heterocycles. The van der Waals surface area contributed by atoms with Gasteiger partial charge in [-0.1, -0.05) is 0 Å². The van der Waals surface area contributed by atoms with E-state index < -0.39 is 9.84 Å². The fraction of sp³-hybridized carbons (Fsp3) is 1.00. The molecule has 4 nitrogen and oxygen atoms in total. The molecule has 0 saturated carbocycles. The van der Waals surface area contributed by atoms with Gasteiger partial charge >= 0.3 is 0 Å². The van der Waals surface area contributed by atoms with Gasteiger partial charge in [-0.3, -0.25) is 0 Å². The van der Waals surface area contributed by atoms with Gasteiger partial charge in [0.15, 0.2) is 0 Å². The molecule has 0 bridgehead atoms. The van der Waals surface area contributed by atoms with E-state index in [-0.39, 0.29) is 11.8 Å². The zero-order valence-electron chi connectivity index (χ0n) is 8.21. The maximum Gasteiger partial charge on any atom is 0.148 e. The van der Waals surface area contributed by atoms with Crippen LogP contribution in [0.5, 0.6) is 0 Å². The van der Waals surface area contributed by atoms with Crippen molar-refractivity contribution in [2.24, 2.45) is 0 Å². The number of rotatable bonds is 4. The molecule has 0 amide bonds. The lowest BCUT2D eigenvalue weighted by Gasteiger charge is -2.17. The molecule has 78 valence electrons. The molecule has 1 fully saturated rings. The van der Waals surface area contributed by atoms with Crippen LogP contribution in [0.1, 0.15) is 13.3 Å². The van der Waals surface area contributed by atoms with Gasteiger partial charge in [-0.25, -0.2) is 8.42 Å². The molecule has 13 heavy (non-hydrogen) atoms. The van der Waals surface area contributed by atoms with Gasteiger partial charge in [0.25, 0.3) is 0 Å². The van der Waals surface area contributed by atoms with Crippen LogP contribution in [0.2, 0.25) is 0 Å². The second-order valence-electron chi connectivity index (χ2n) is 3.85. The summed E-state index contributed by atoms with van der Waals surface area (Å²) in [6.07, 6.45) is 2.37. The summed E-state index contributed by atoms with van der Waals surface area (Å²) in [5.41, 5.74) is 0. The number of hydrogen-bond acceptors (Lipinski definition) is 4. The van der Waals surface area contributed by atoms with Crippen molar-refractivity contribution in [3.8, 4) is 0 Å². The van der Waals surface area contributed by atoms with E-state index in [0.29, 0.717) is 6.04 Å². The van der Waals surface area contributed by atoms with E-state index in [4.69, 9.17) is 0 Å². The minimum absolute atomic E-state index is 0.0555. The summed E-state index contributed by atoms with van der Waals surface area (Å²) in [6, 6.07) is 0.497. The molecule has 2 N–H and O–H groups in total. The molecule has 5 heteroatoms. The molecule has 1 aliphatic heterocycles. The fourth-order valence-electron chi connectivity index (χ4n) is 1.70. The predicted molar refractivity (Wildman–Crippen MR) is 53.6 cm³/mol. The lowest BCUT2D eigenvalue weighted by Crippen LogP contribution is -2.41. The highest BCUT2D eigenvalue weighted by Crippen LogP contribution is 2.00. The Morgan fingerprint density at radius 2 is 2.31 bits per heavy atom. The number of sulfone groups is 1. The first kappa shape index (κ1) is 10.9. The lowest BCUT2D eigenvalue weighted by molar-refractivity contribution is 0.485. The Hall–Kier alpha value is -0.130. The van der Waals surface area contributed by atoms with Gasteiger partial charge in [0.05, 0.1) is 5.75 Å². The Kier molecular flexibility index (Phi) is 3.70. The molecule has 1 rings (SSSR count). The summed E-state index contributed by atoms with van der Waals surface area (Å²) in [5, 5.41) is 6.52. The third-order valence-electron chi connectivity index (χ3n) is 2.13. The normalized spacial score (nSPS) is 26.2. The van der Waals surface area contributed by atoms with Crippen LogP contribution >= 0.6 is 0 Å². The molecule has 0 aromatic heterocycles. The predicted octanol–water partition coefficient (Wildman–Crippen LogP) is -0.629. The molecule has 1 aliphatic rings. The zero-order chi connectivity index (χ0) is 9.90.